The van der Waals surface area contributed by atoms with Crippen molar-refractivity contribution in [3.63, 3.8) is 0 Å². The van der Waals surface area contributed by atoms with E-state index in [0.29, 0.717) is 11.3 Å². The highest BCUT2D eigenvalue weighted by Crippen LogP contribution is 2.54. The Hall–Kier alpha value is -3.05. The van der Waals surface area contributed by atoms with Crippen LogP contribution in [0.15, 0.2) is 72.8 Å². The van der Waals surface area contributed by atoms with Crippen molar-refractivity contribution in [2.45, 2.75) is 18.1 Å². The van der Waals surface area contributed by atoms with Crippen LogP contribution in [0.25, 0.3) is 0 Å². The van der Waals surface area contributed by atoms with Crippen molar-refractivity contribution in [2.75, 3.05) is 4.90 Å². The van der Waals surface area contributed by atoms with Crippen LogP contribution in [0.2, 0.25) is 0 Å². The van der Waals surface area contributed by atoms with Crippen molar-refractivity contribution in [2.24, 2.45) is 11.8 Å². The molecular weight excluding hydrogens is 342 g/mol. The van der Waals surface area contributed by atoms with E-state index in [2.05, 4.69) is 0 Å². The molecule has 0 saturated carbocycles. The lowest BCUT2D eigenvalue weighted by Crippen LogP contribution is -2.42. The van der Waals surface area contributed by atoms with Crippen LogP contribution >= 0.6 is 0 Å². The summed E-state index contributed by atoms with van der Waals surface area (Å²) in [5.41, 5.74) is 0.0942. The minimum absolute atomic E-state index is 0.0484. The molecule has 2 bridgehead atoms. The fourth-order valence-electron chi connectivity index (χ4n) is 4.51. The number of ether oxygens (including phenoxy) is 1. The summed E-state index contributed by atoms with van der Waals surface area (Å²) in [5, 5.41) is 0. The zero-order valence-electron chi connectivity index (χ0n) is 14.4. The van der Waals surface area contributed by atoms with E-state index in [1.165, 1.54) is 4.90 Å². The van der Waals surface area contributed by atoms with E-state index in [9.17, 15) is 14.4 Å². The van der Waals surface area contributed by atoms with E-state index in [4.69, 9.17) is 4.74 Å². The molecule has 27 heavy (non-hydrogen) atoms. The second kappa shape index (κ2) is 5.72. The molecule has 2 saturated heterocycles. The van der Waals surface area contributed by atoms with Gasteiger partial charge < -0.3 is 4.74 Å². The highest BCUT2D eigenvalue weighted by atomic mass is 16.5. The highest BCUT2D eigenvalue weighted by Gasteiger charge is 2.68. The normalized spacial score (nSPS) is 30.8. The SMILES string of the molecule is O=C(C[C@@]12C=C[C@@H](O1)[C@H]1C(=O)N(c3ccccc3)C(=O)[C@@H]12)c1ccccc1. The average molecular weight is 359 g/mol. The number of rotatable bonds is 4. The fraction of sp³-hybridized carbons (Fsp3) is 0.227. The molecule has 134 valence electrons. The summed E-state index contributed by atoms with van der Waals surface area (Å²) >= 11 is 0. The van der Waals surface area contributed by atoms with Gasteiger partial charge in [0.05, 0.1) is 23.6 Å². The van der Waals surface area contributed by atoms with E-state index in [1.54, 1.807) is 54.6 Å². The number of Topliss-reactive ketones (excluding diaryl/α,β-unsaturated/α-hetero) is 1. The summed E-state index contributed by atoms with van der Waals surface area (Å²) in [6, 6.07) is 17.9. The summed E-state index contributed by atoms with van der Waals surface area (Å²) in [5.74, 6) is -1.86. The molecule has 0 spiro atoms. The number of benzene rings is 2. The lowest BCUT2D eigenvalue weighted by molar-refractivity contribution is -0.126. The van der Waals surface area contributed by atoms with Gasteiger partial charge in [-0.2, -0.15) is 0 Å². The van der Waals surface area contributed by atoms with Gasteiger partial charge in [0.15, 0.2) is 5.78 Å². The van der Waals surface area contributed by atoms with Crippen LogP contribution in [-0.2, 0) is 14.3 Å². The Balaban J connectivity index is 1.49. The number of ketones is 1. The van der Waals surface area contributed by atoms with Crippen molar-refractivity contribution < 1.29 is 19.1 Å². The molecule has 3 aliphatic heterocycles. The third-order valence-corrected chi connectivity index (χ3v) is 5.70. The van der Waals surface area contributed by atoms with Crippen molar-refractivity contribution in [3.8, 4) is 0 Å². The second-order valence-electron chi connectivity index (χ2n) is 7.21. The van der Waals surface area contributed by atoms with Gasteiger partial charge in [-0.05, 0) is 12.1 Å². The van der Waals surface area contributed by atoms with Crippen LogP contribution in [-0.4, -0.2) is 29.3 Å². The molecule has 2 aromatic rings. The molecule has 5 heteroatoms. The van der Waals surface area contributed by atoms with Crippen LogP contribution in [0.1, 0.15) is 16.8 Å². The van der Waals surface area contributed by atoms with Gasteiger partial charge in [0.1, 0.15) is 5.60 Å². The average Bonchev–Trinajstić information content (AvgIpc) is 3.33. The Bertz CT molecular complexity index is 968. The third kappa shape index (κ3) is 2.25. The molecule has 4 atom stereocenters. The molecule has 0 N–H and O–H groups in total. The number of carbonyl (C=O) groups excluding carboxylic acids is 3. The lowest BCUT2D eigenvalue weighted by atomic mass is 9.74. The lowest BCUT2D eigenvalue weighted by Gasteiger charge is -2.28. The van der Waals surface area contributed by atoms with E-state index in [1.807, 2.05) is 18.2 Å². The maximum Gasteiger partial charge on any atom is 0.241 e. The number of nitrogens with zero attached hydrogens (tertiary/aromatic N) is 1. The van der Waals surface area contributed by atoms with E-state index < -0.39 is 23.5 Å². The fourth-order valence-corrected chi connectivity index (χ4v) is 4.51. The maximum absolute atomic E-state index is 13.2. The molecule has 2 amide bonds. The molecule has 0 aliphatic carbocycles. The Labute approximate surface area is 156 Å². The maximum atomic E-state index is 13.2. The van der Waals surface area contributed by atoms with E-state index >= 15 is 0 Å². The summed E-state index contributed by atoms with van der Waals surface area (Å²) < 4.78 is 6.04. The molecule has 2 fully saturated rings. The first kappa shape index (κ1) is 16.1. The van der Waals surface area contributed by atoms with Crippen molar-refractivity contribution in [3.05, 3.63) is 78.4 Å². The van der Waals surface area contributed by atoms with Crippen molar-refractivity contribution in [1.29, 1.82) is 0 Å². The van der Waals surface area contributed by atoms with Crippen LogP contribution in [0, 0.1) is 11.8 Å². The predicted molar refractivity (Wildman–Crippen MR) is 98.0 cm³/mol. The first-order valence-corrected chi connectivity index (χ1v) is 8.99. The number of amides is 2. The summed E-state index contributed by atoms with van der Waals surface area (Å²) in [6.45, 7) is 0. The molecular formula is C22H17NO4. The van der Waals surface area contributed by atoms with Crippen molar-refractivity contribution in [1.82, 2.24) is 0 Å². The highest BCUT2D eigenvalue weighted by molar-refractivity contribution is 6.23. The molecule has 3 aliphatic rings. The van der Waals surface area contributed by atoms with E-state index in [0.717, 1.165) is 0 Å². The molecule has 5 nitrogen and oxygen atoms in total. The van der Waals surface area contributed by atoms with Gasteiger partial charge in [-0.3, -0.25) is 14.4 Å². The molecule has 2 aromatic carbocycles. The Kier molecular flexibility index (Phi) is 3.42. The Morgan fingerprint density at radius 2 is 1.63 bits per heavy atom. The standard InChI is InChI=1S/C22H17NO4/c24-16(14-7-3-1-4-8-14)13-22-12-11-17(27-22)18-19(22)21(26)23(20(18)25)15-9-5-2-6-10-15/h1-12,17-19H,13H2/t17-,18-,19-,22-/m1/s1. The first-order chi connectivity index (χ1) is 13.1. The minimum Gasteiger partial charge on any atom is -0.361 e. The third-order valence-electron chi connectivity index (χ3n) is 5.70. The second-order valence-corrected chi connectivity index (χ2v) is 7.21. The summed E-state index contributed by atoms with van der Waals surface area (Å²) in [4.78, 5) is 40.2. The molecule has 0 radical (unpaired) electrons. The zero-order chi connectivity index (χ0) is 18.6. The van der Waals surface area contributed by atoms with Crippen LogP contribution in [0.5, 0.6) is 0 Å². The predicted octanol–water partition coefficient (Wildman–Crippen LogP) is 2.77. The van der Waals surface area contributed by atoms with Crippen LogP contribution < -0.4 is 4.90 Å². The van der Waals surface area contributed by atoms with Crippen molar-refractivity contribution >= 4 is 23.3 Å². The van der Waals surface area contributed by atoms with Gasteiger partial charge >= 0.3 is 0 Å². The molecule has 3 heterocycles. The van der Waals surface area contributed by atoms with Gasteiger partial charge in [0, 0.05) is 12.0 Å². The van der Waals surface area contributed by atoms with Crippen LogP contribution in [0.4, 0.5) is 5.69 Å². The Morgan fingerprint density at radius 3 is 2.33 bits per heavy atom. The number of anilines is 1. The number of imide groups is 1. The number of carbonyl (C=O) groups is 3. The topological polar surface area (TPSA) is 63.7 Å². The molecule has 0 unspecified atom stereocenters. The van der Waals surface area contributed by atoms with Gasteiger partial charge in [-0.15, -0.1) is 0 Å². The first-order valence-electron chi connectivity index (χ1n) is 8.99. The van der Waals surface area contributed by atoms with Gasteiger partial charge in [0.25, 0.3) is 0 Å². The number of hydrogen-bond donors (Lipinski definition) is 0. The monoisotopic (exact) mass is 359 g/mol. The zero-order valence-corrected chi connectivity index (χ0v) is 14.4. The quantitative estimate of drug-likeness (QED) is 0.478. The minimum atomic E-state index is -1.04. The van der Waals surface area contributed by atoms with Gasteiger partial charge in [-0.1, -0.05) is 60.7 Å². The number of para-hydroxylation sites is 1. The van der Waals surface area contributed by atoms with Gasteiger partial charge in [0.2, 0.25) is 11.8 Å². The smallest absolute Gasteiger partial charge is 0.241 e. The molecule has 5 rings (SSSR count). The summed E-state index contributed by atoms with van der Waals surface area (Å²) in [6.07, 6.45) is 3.22. The van der Waals surface area contributed by atoms with Crippen LogP contribution in [0.3, 0.4) is 0 Å². The largest absolute Gasteiger partial charge is 0.361 e. The summed E-state index contributed by atoms with van der Waals surface area (Å²) in [7, 11) is 0. The Morgan fingerprint density at radius 1 is 0.963 bits per heavy atom. The number of fused-ring (bicyclic) bond motifs is 5. The van der Waals surface area contributed by atoms with Gasteiger partial charge in [-0.25, -0.2) is 4.90 Å². The van der Waals surface area contributed by atoms with E-state index in [-0.39, 0.29) is 24.0 Å². The number of hydrogen-bond acceptors (Lipinski definition) is 4. The molecule has 0 aromatic heterocycles.